The van der Waals surface area contributed by atoms with E-state index < -0.39 is 0 Å². The van der Waals surface area contributed by atoms with Crippen LogP contribution in [0.3, 0.4) is 0 Å². The molecular weight excluding hydrogens is 314 g/mol. The lowest BCUT2D eigenvalue weighted by molar-refractivity contribution is 0.247. The molecule has 0 aromatic heterocycles. The SMILES string of the molecule is Cc1cccc(OCCNC(=O)Nc2ccc(N3CCCC3)cc2)c1. The van der Waals surface area contributed by atoms with Gasteiger partial charge >= 0.3 is 6.03 Å². The summed E-state index contributed by atoms with van der Waals surface area (Å²) in [5.74, 6) is 0.819. The Morgan fingerprint density at radius 2 is 1.88 bits per heavy atom. The standard InChI is InChI=1S/C20H25N3O2/c1-16-5-4-6-19(15-16)25-14-11-21-20(24)22-17-7-9-18(10-8-17)23-12-2-3-13-23/h4-10,15H,2-3,11-14H2,1H3,(H2,21,22,24). The zero-order chi connectivity index (χ0) is 17.5. The number of carbonyl (C=O) groups excluding carboxylic acids is 1. The quantitative estimate of drug-likeness (QED) is 0.787. The molecule has 3 rings (SSSR count). The van der Waals surface area contributed by atoms with Crippen molar-refractivity contribution in [3.63, 3.8) is 0 Å². The van der Waals surface area contributed by atoms with Crippen LogP contribution >= 0.6 is 0 Å². The Morgan fingerprint density at radius 3 is 2.60 bits per heavy atom. The average Bonchev–Trinajstić information content (AvgIpc) is 3.14. The number of hydrogen-bond acceptors (Lipinski definition) is 3. The second-order valence-electron chi connectivity index (χ2n) is 6.29. The highest BCUT2D eigenvalue weighted by molar-refractivity contribution is 5.89. The van der Waals surface area contributed by atoms with Crippen LogP contribution in [-0.4, -0.2) is 32.3 Å². The maximum atomic E-state index is 11.9. The van der Waals surface area contributed by atoms with E-state index in [0.717, 1.165) is 30.1 Å². The molecule has 2 aromatic rings. The molecule has 2 N–H and O–H groups in total. The molecule has 1 saturated heterocycles. The van der Waals surface area contributed by atoms with Crippen LogP contribution in [0.2, 0.25) is 0 Å². The molecule has 2 aromatic carbocycles. The van der Waals surface area contributed by atoms with E-state index in [1.807, 2.05) is 43.3 Å². The summed E-state index contributed by atoms with van der Waals surface area (Å²) >= 11 is 0. The minimum absolute atomic E-state index is 0.221. The number of ether oxygens (including phenoxy) is 1. The van der Waals surface area contributed by atoms with Gasteiger partial charge in [-0.15, -0.1) is 0 Å². The van der Waals surface area contributed by atoms with Crippen molar-refractivity contribution in [3.05, 3.63) is 54.1 Å². The number of hydrogen-bond donors (Lipinski definition) is 2. The molecule has 0 radical (unpaired) electrons. The van der Waals surface area contributed by atoms with E-state index in [9.17, 15) is 4.79 Å². The molecule has 0 aliphatic carbocycles. The topological polar surface area (TPSA) is 53.6 Å². The normalized spacial score (nSPS) is 13.6. The summed E-state index contributed by atoms with van der Waals surface area (Å²) in [5, 5.41) is 5.64. The Kier molecular flexibility index (Phi) is 5.77. The van der Waals surface area contributed by atoms with E-state index in [1.165, 1.54) is 18.5 Å². The Labute approximate surface area is 149 Å². The highest BCUT2D eigenvalue weighted by Gasteiger charge is 2.12. The van der Waals surface area contributed by atoms with Crippen molar-refractivity contribution in [3.8, 4) is 5.75 Å². The van der Waals surface area contributed by atoms with Crippen LogP contribution in [0.25, 0.3) is 0 Å². The molecule has 1 aliphatic rings. The van der Waals surface area contributed by atoms with Gasteiger partial charge in [0.05, 0.1) is 6.54 Å². The van der Waals surface area contributed by atoms with Crippen LogP contribution in [-0.2, 0) is 0 Å². The smallest absolute Gasteiger partial charge is 0.319 e. The zero-order valence-electron chi connectivity index (χ0n) is 14.6. The van der Waals surface area contributed by atoms with E-state index in [0.29, 0.717) is 13.2 Å². The van der Waals surface area contributed by atoms with E-state index in [-0.39, 0.29) is 6.03 Å². The number of benzene rings is 2. The first kappa shape index (κ1) is 17.1. The fourth-order valence-electron chi connectivity index (χ4n) is 2.94. The molecular formula is C20H25N3O2. The maximum absolute atomic E-state index is 11.9. The molecule has 5 heteroatoms. The molecule has 0 saturated carbocycles. The molecule has 132 valence electrons. The first-order chi connectivity index (χ1) is 12.2. The first-order valence-electron chi connectivity index (χ1n) is 8.80. The highest BCUT2D eigenvalue weighted by Crippen LogP contribution is 2.21. The summed E-state index contributed by atoms with van der Waals surface area (Å²) in [6, 6.07) is 15.6. The van der Waals surface area contributed by atoms with Crippen LogP contribution in [0.1, 0.15) is 18.4 Å². The minimum Gasteiger partial charge on any atom is -0.492 e. The number of anilines is 2. The fourth-order valence-corrected chi connectivity index (χ4v) is 2.94. The van der Waals surface area contributed by atoms with Crippen molar-refractivity contribution >= 4 is 17.4 Å². The van der Waals surface area contributed by atoms with Gasteiger partial charge in [0.1, 0.15) is 12.4 Å². The summed E-state index contributed by atoms with van der Waals surface area (Å²) in [4.78, 5) is 14.3. The van der Waals surface area contributed by atoms with Gasteiger partial charge in [0, 0.05) is 24.5 Å². The Bertz CT molecular complexity index is 694. The van der Waals surface area contributed by atoms with Crippen molar-refractivity contribution < 1.29 is 9.53 Å². The lowest BCUT2D eigenvalue weighted by atomic mass is 10.2. The molecule has 0 bridgehead atoms. The van der Waals surface area contributed by atoms with Gasteiger partial charge in [-0.2, -0.15) is 0 Å². The van der Waals surface area contributed by atoms with Gasteiger partial charge in [-0.1, -0.05) is 12.1 Å². The number of rotatable bonds is 6. The minimum atomic E-state index is -0.221. The van der Waals surface area contributed by atoms with Crippen molar-refractivity contribution in [1.82, 2.24) is 5.32 Å². The molecule has 1 heterocycles. The Hall–Kier alpha value is -2.69. The number of amides is 2. The summed E-state index contributed by atoms with van der Waals surface area (Å²) in [7, 11) is 0. The first-order valence-corrected chi connectivity index (χ1v) is 8.80. The second-order valence-corrected chi connectivity index (χ2v) is 6.29. The second kappa shape index (κ2) is 8.42. The van der Waals surface area contributed by atoms with Crippen LogP contribution in [0.15, 0.2) is 48.5 Å². The average molecular weight is 339 g/mol. The van der Waals surface area contributed by atoms with Gasteiger partial charge in [0.25, 0.3) is 0 Å². The molecule has 1 fully saturated rings. The third-order valence-electron chi connectivity index (χ3n) is 4.24. The van der Waals surface area contributed by atoms with Crippen LogP contribution in [0.4, 0.5) is 16.2 Å². The lowest BCUT2D eigenvalue weighted by Crippen LogP contribution is -2.32. The summed E-state index contributed by atoms with van der Waals surface area (Å²) < 4.78 is 5.61. The highest BCUT2D eigenvalue weighted by atomic mass is 16.5. The van der Waals surface area contributed by atoms with Crippen molar-refractivity contribution in [2.45, 2.75) is 19.8 Å². The van der Waals surface area contributed by atoms with Crippen molar-refractivity contribution in [2.24, 2.45) is 0 Å². The Balaban J connectivity index is 1.38. The van der Waals surface area contributed by atoms with Crippen molar-refractivity contribution in [1.29, 1.82) is 0 Å². The fraction of sp³-hybridized carbons (Fsp3) is 0.350. The van der Waals surface area contributed by atoms with E-state index in [4.69, 9.17) is 4.74 Å². The number of aryl methyl sites for hydroxylation is 1. The van der Waals surface area contributed by atoms with E-state index in [2.05, 4.69) is 27.7 Å². The van der Waals surface area contributed by atoms with Gasteiger partial charge in [-0.05, 0) is 61.7 Å². The number of urea groups is 1. The van der Waals surface area contributed by atoms with Gasteiger partial charge in [0.15, 0.2) is 0 Å². The number of nitrogens with one attached hydrogen (secondary N) is 2. The maximum Gasteiger partial charge on any atom is 0.319 e. The molecule has 0 spiro atoms. The number of nitrogens with zero attached hydrogens (tertiary/aromatic N) is 1. The summed E-state index contributed by atoms with van der Waals surface area (Å²) in [6.07, 6.45) is 2.51. The van der Waals surface area contributed by atoms with Gasteiger partial charge in [-0.25, -0.2) is 4.79 Å². The monoisotopic (exact) mass is 339 g/mol. The van der Waals surface area contributed by atoms with Crippen molar-refractivity contribution in [2.75, 3.05) is 36.5 Å². The molecule has 1 aliphatic heterocycles. The van der Waals surface area contributed by atoms with E-state index >= 15 is 0 Å². The van der Waals surface area contributed by atoms with Crippen LogP contribution < -0.4 is 20.3 Å². The molecule has 5 nitrogen and oxygen atoms in total. The third kappa shape index (κ3) is 5.14. The van der Waals surface area contributed by atoms with Crippen LogP contribution in [0.5, 0.6) is 5.75 Å². The molecule has 2 amide bonds. The zero-order valence-corrected chi connectivity index (χ0v) is 14.6. The molecule has 25 heavy (non-hydrogen) atoms. The van der Waals surface area contributed by atoms with Gasteiger partial charge < -0.3 is 20.3 Å². The number of carbonyl (C=O) groups is 1. The molecule has 0 atom stereocenters. The van der Waals surface area contributed by atoms with Crippen LogP contribution in [0, 0.1) is 6.92 Å². The van der Waals surface area contributed by atoms with E-state index in [1.54, 1.807) is 0 Å². The van der Waals surface area contributed by atoms with Gasteiger partial charge in [0.2, 0.25) is 0 Å². The molecule has 0 unspecified atom stereocenters. The summed E-state index contributed by atoms with van der Waals surface area (Å²) in [6.45, 7) is 5.15. The largest absolute Gasteiger partial charge is 0.492 e. The lowest BCUT2D eigenvalue weighted by Gasteiger charge is -2.17. The van der Waals surface area contributed by atoms with Gasteiger partial charge in [-0.3, -0.25) is 0 Å². The Morgan fingerprint density at radius 1 is 1.12 bits per heavy atom. The predicted octanol–water partition coefficient (Wildman–Crippen LogP) is 3.80. The third-order valence-corrected chi connectivity index (χ3v) is 4.24. The predicted molar refractivity (Wildman–Crippen MR) is 102 cm³/mol. The summed E-state index contributed by atoms with van der Waals surface area (Å²) in [5.41, 5.74) is 3.16.